The van der Waals surface area contributed by atoms with Crippen LogP contribution in [0.25, 0.3) is 5.70 Å². The monoisotopic (exact) mass is 361 g/mol. The fourth-order valence-electron chi connectivity index (χ4n) is 2.06. The second-order valence-corrected chi connectivity index (χ2v) is 7.41. The Morgan fingerprint density at radius 2 is 2.17 bits per heavy atom. The van der Waals surface area contributed by atoms with Gasteiger partial charge in [-0.15, -0.1) is 16.7 Å². The van der Waals surface area contributed by atoms with Gasteiger partial charge in [-0.1, -0.05) is 36.4 Å². The van der Waals surface area contributed by atoms with Crippen LogP contribution in [0.1, 0.15) is 19.4 Å². The summed E-state index contributed by atoms with van der Waals surface area (Å²) in [6.07, 6.45) is 2.02. The van der Waals surface area contributed by atoms with E-state index in [4.69, 9.17) is 0 Å². The van der Waals surface area contributed by atoms with E-state index in [9.17, 15) is 9.70 Å². The molecule has 1 aliphatic rings. The van der Waals surface area contributed by atoms with Gasteiger partial charge in [0.1, 0.15) is 11.4 Å². The zero-order valence-corrected chi connectivity index (χ0v) is 15.5. The van der Waals surface area contributed by atoms with Crippen LogP contribution >= 0.6 is 23.7 Å². The molecule has 1 aromatic carbocycles. The molecule has 0 fully saturated rings. The Hall–Kier alpha value is -1.99. The van der Waals surface area contributed by atoms with Crippen molar-refractivity contribution in [3.05, 3.63) is 63.7 Å². The highest BCUT2D eigenvalue weighted by molar-refractivity contribution is 8.03. The van der Waals surface area contributed by atoms with Gasteiger partial charge in [0.15, 0.2) is 0 Å². The predicted octanol–water partition coefficient (Wildman–Crippen LogP) is 4.36. The Balaban J connectivity index is 2.22. The number of likely N-dealkylation sites (N-methyl/N-ethyl adjacent to an activating group) is 1. The van der Waals surface area contributed by atoms with Crippen molar-refractivity contribution in [2.24, 2.45) is 5.18 Å². The molecule has 1 heterocycles. The van der Waals surface area contributed by atoms with Crippen molar-refractivity contribution in [2.75, 3.05) is 12.8 Å². The molecular weight excluding hydrogens is 342 g/mol. The van der Waals surface area contributed by atoms with Crippen LogP contribution in [0.15, 0.2) is 63.3 Å². The molecule has 1 N–H and O–H groups in total. The minimum atomic E-state index is -0.385. The number of rotatable bonds is 6. The molecule has 0 atom stereocenters. The molecule has 0 unspecified atom stereocenters. The number of amides is 1. The first-order valence-corrected chi connectivity index (χ1v) is 9.07. The number of hydrogen-bond acceptors (Lipinski definition) is 6. The van der Waals surface area contributed by atoms with Gasteiger partial charge in [-0.2, -0.15) is 0 Å². The van der Waals surface area contributed by atoms with Crippen LogP contribution in [0.5, 0.6) is 0 Å². The Labute approximate surface area is 150 Å². The molecule has 0 saturated carbocycles. The first kappa shape index (κ1) is 18.4. The quantitative estimate of drug-likeness (QED) is 0.463. The molecule has 0 spiro atoms. The highest BCUT2D eigenvalue weighted by Crippen LogP contribution is 2.40. The fraction of sp³-hybridized carbons (Fsp3) is 0.235. The van der Waals surface area contributed by atoms with Gasteiger partial charge in [0, 0.05) is 23.3 Å². The van der Waals surface area contributed by atoms with Crippen molar-refractivity contribution in [2.45, 2.75) is 18.7 Å². The number of fused-ring (bicyclic) bond motifs is 1. The van der Waals surface area contributed by atoms with Crippen LogP contribution < -0.4 is 5.32 Å². The average Bonchev–Trinajstić information content (AvgIpc) is 2.58. The van der Waals surface area contributed by atoms with Crippen molar-refractivity contribution in [1.29, 1.82) is 0 Å². The molecule has 5 nitrogen and oxygen atoms in total. The standard InChI is InChI=1S/C17H19N3O2S2/c1-5-11(2)10-23-12(3)18-17(21)16-15(19-22)13-8-6-7-9-14(13)24-20(16)4/h5-9H,3,10H2,1-2,4H3,(H,18,21)/b11-5-. The van der Waals surface area contributed by atoms with Gasteiger partial charge in [0.25, 0.3) is 5.91 Å². The number of nitroso groups, excluding NO2 is 1. The van der Waals surface area contributed by atoms with Crippen LogP contribution in [0.3, 0.4) is 0 Å². The van der Waals surface area contributed by atoms with Crippen molar-refractivity contribution < 1.29 is 4.79 Å². The van der Waals surface area contributed by atoms with Crippen LogP contribution in [-0.4, -0.2) is 23.0 Å². The molecule has 1 amide bonds. The molecule has 1 aromatic rings. The lowest BCUT2D eigenvalue weighted by Crippen LogP contribution is -2.31. The van der Waals surface area contributed by atoms with Gasteiger partial charge in [-0.05, 0) is 37.0 Å². The van der Waals surface area contributed by atoms with E-state index in [2.05, 4.69) is 17.1 Å². The molecule has 1 aliphatic heterocycles. The Morgan fingerprint density at radius 3 is 2.83 bits per heavy atom. The SMILES string of the molecule is C=C(NC(=O)C1=C(N=O)c2ccccc2SN1C)SC/C(C)=C\C. The first-order valence-electron chi connectivity index (χ1n) is 7.31. The average molecular weight is 361 g/mol. The lowest BCUT2D eigenvalue weighted by Gasteiger charge is -2.27. The van der Waals surface area contributed by atoms with Gasteiger partial charge in [-0.3, -0.25) is 4.79 Å². The molecular formula is C17H19N3O2S2. The lowest BCUT2D eigenvalue weighted by atomic mass is 10.1. The second-order valence-electron chi connectivity index (χ2n) is 5.17. The molecule has 24 heavy (non-hydrogen) atoms. The normalized spacial score (nSPS) is 14.3. The number of thioether (sulfide) groups is 1. The predicted molar refractivity (Wildman–Crippen MR) is 102 cm³/mol. The summed E-state index contributed by atoms with van der Waals surface area (Å²) in [5.41, 5.74) is 2.25. The molecule has 0 radical (unpaired) electrons. The molecule has 0 aromatic heterocycles. The number of allylic oxidation sites excluding steroid dienone is 1. The Kier molecular flexibility index (Phi) is 6.28. The molecule has 7 heteroatoms. The van der Waals surface area contributed by atoms with E-state index in [1.807, 2.05) is 38.1 Å². The Bertz CT molecular complexity index is 741. The number of nitrogens with zero attached hydrogens (tertiary/aromatic N) is 2. The van der Waals surface area contributed by atoms with E-state index < -0.39 is 0 Å². The minimum absolute atomic E-state index is 0.145. The lowest BCUT2D eigenvalue weighted by molar-refractivity contribution is -0.117. The second kappa shape index (κ2) is 8.21. The van der Waals surface area contributed by atoms with E-state index in [1.54, 1.807) is 17.4 Å². The summed E-state index contributed by atoms with van der Waals surface area (Å²) < 4.78 is 1.66. The summed E-state index contributed by atoms with van der Waals surface area (Å²) in [6.45, 7) is 7.85. The van der Waals surface area contributed by atoms with Crippen LogP contribution in [0.4, 0.5) is 0 Å². The highest BCUT2D eigenvalue weighted by Gasteiger charge is 2.29. The third-order valence-electron chi connectivity index (χ3n) is 3.44. The largest absolute Gasteiger partial charge is 0.316 e. The van der Waals surface area contributed by atoms with Gasteiger partial charge >= 0.3 is 0 Å². The van der Waals surface area contributed by atoms with Crippen molar-refractivity contribution in [3.63, 3.8) is 0 Å². The summed E-state index contributed by atoms with van der Waals surface area (Å²) in [7, 11) is 1.74. The van der Waals surface area contributed by atoms with E-state index in [1.165, 1.54) is 29.3 Å². The molecule has 0 aliphatic carbocycles. The summed E-state index contributed by atoms with van der Waals surface area (Å²) in [5.74, 6) is 0.366. The maximum absolute atomic E-state index is 12.6. The summed E-state index contributed by atoms with van der Waals surface area (Å²) in [4.78, 5) is 24.9. The molecule has 0 saturated heterocycles. The van der Waals surface area contributed by atoms with Crippen molar-refractivity contribution in [1.82, 2.24) is 9.62 Å². The van der Waals surface area contributed by atoms with E-state index in [0.717, 1.165) is 10.6 Å². The third kappa shape index (κ3) is 4.10. The minimum Gasteiger partial charge on any atom is -0.316 e. The number of carbonyl (C=O) groups excluding carboxylic acids is 1. The van der Waals surface area contributed by atoms with Gasteiger partial charge in [-0.25, -0.2) is 0 Å². The summed E-state index contributed by atoms with van der Waals surface area (Å²) in [5, 5.41) is 6.39. The zero-order valence-electron chi connectivity index (χ0n) is 13.8. The smallest absolute Gasteiger partial charge is 0.275 e. The zero-order chi connectivity index (χ0) is 17.7. The fourth-order valence-corrected chi connectivity index (χ4v) is 3.75. The van der Waals surface area contributed by atoms with E-state index in [-0.39, 0.29) is 17.3 Å². The van der Waals surface area contributed by atoms with Gasteiger partial charge in [0.2, 0.25) is 0 Å². The summed E-state index contributed by atoms with van der Waals surface area (Å²) >= 11 is 2.83. The van der Waals surface area contributed by atoms with Crippen LogP contribution in [0.2, 0.25) is 0 Å². The Morgan fingerprint density at radius 1 is 1.46 bits per heavy atom. The number of hydrogen-bond donors (Lipinski definition) is 1. The van der Waals surface area contributed by atoms with Gasteiger partial charge in [0.05, 0.1) is 5.03 Å². The number of nitrogens with one attached hydrogen (secondary N) is 1. The molecule has 2 rings (SSSR count). The first-order chi connectivity index (χ1) is 11.5. The van der Waals surface area contributed by atoms with E-state index >= 15 is 0 Å². The summed E-state index contributed by atoms with van der Waals surface area (Å²) in [6, 6.07) is 7.39. The number of carbonyl (C=O) groups is 1. The topological polar surface area (TPSA) is 61.8 Å². The molecule has 126 valence electrons. The van der Waals surface area contributed by atoms with Crippen molar-refractivity contribution in [3.8, 4) is 0 Å². The maximum atomic E-state index is 12.6. The van der Waals surface area contributed by atoms with Crippen LogP contribution in [-0.2, 0) is 4.79 Å². The third-order valence-corrected chi connectivity index (χ3v) is 5.50. The van der Waals surface area contributed by atoms with Crippen LogP contribution in [0, 0.1) is 4.91 Å². The maximum Gasteiger partial charge on any atom is 0.275 e. The number of benzene rings is 1. The van der Waals surface area contributed by atoms with E-state index in [0.29, 0.717) is 10.6 Å². The van der Waals surface area contributed by atoms with Gasteiger partial charge < -0.3 is 9.62 Å². The van der Waals surface area contributed by atoms with Crippen molar-refractivity contribution >= 4 is 35.3 Å². The molecule has 0 bridgehead atoms. The highest BCUT2D eigenvalue weighted by atomic mass is 32.2.